The number of nitriles is 1. The van der Waals surface area contributed by atoms with Crippen molar-refractivity contribution in [3.05, 3.63) is 11.3 Å². The molecule has 0 bridgehead atoms. The molecular weight excluding hydrogens is 381 g/mol. The van der Waals surface area contributed by atoms with Crippen LogP contribution in [-0.2, 0) is 6.42 Å². The lowest BCUT2D eigenvalue weighted by Gasteiger charge is -2.07. The summed E-state index contributed by atoms with van der Waals surface area (Å²) < 4.78 is 0. The van der Waals surface area contributed by atoms with Gasteiger partial charge in [-0.3, -0.25) is 10.1 Å². The number of rotatable bonds is 7. The van der Waals surface area contributed by atoms with E-state index in [2.05, 4.69) is 34.4 Å². The first kappa shape index (κ1) is 19.5. The number of aromatic amines is 1. The number of aliphatic imine (C=N–C) groups is 1. The molecule has 0 aliphatic carbocycles. The van der Waals surface area contributed by atoms with Crippen molar-refractivity contribution in [3.8, 4) is 6.07 Å². The molecule has 0 amide bonds. The first-order valence-corrected chi connectivity index (χ1v) is 6.81. The van der Waals surface area contributed by atoms with Crippen molar-refractivity contribution < 1.29 is 0 Å². The van der Waals surface area contributed by atoms with Crippen LogP contribution in [0.2, 0.25) is 0 Å². The van der Waals surface area contributed by atoms with E-state index < -0.39 is 0 Å². The van der Waals surface area contributed by atoms with Gasteiger partial charge in [-0.1, -0.05) is 13.8 Å². The number of aromatic nitrogens is 2. The van der Waals surface area contributed by atoms with Crippen molar-refractivity contribution in [2.45, 2.75) is 33.1 Å². The van der Waals surface area contributed by atoms with Crippen LogP contribution in [0.5, 0.6) is 0 Å². The number of H-pyrrole nitrogens is 1. The predicted molar refractivity (Wildman–Crippen MR) is 95.4 cm³/mol. The van der Waals surface area contributed by atoms with Gasteiger partial charge in [0, 0.05) is 13.1 Å². The Hall–Kier alpha value is -1.50. The lowest BCUT2D eigenvalue weighted by atomic mass is 10.1. The highest BCUT2D eigenvalue weighted by Gasteiger charge is 2.09. The molecule has 0 fully saturated rings. The Morgan fingerprint density at radius 1 is 1.52 bits per heavy atom. The quantitative estimate of drug-likeness (QED) is 0.236. The van der Waals surface area contributed by atoms with E-state index in [-0.39, 0.29) is 29.8 Å². The maximum absolute atomic E-state index is 8.93. The van der Waals surface area contributed by atoms with Gasteiger partial charge in [0.15, 0.2) is 11.8 Å². The van der Waals surface area contributed by atoms with Gasteiger partial charge in [0.05, 0.1) is 5.69 Å². The van der Waals surface area contributed by atoms with Crippen molar-refractivity contribution in [3.63, 3.8) is 0 Å². The van der Waals surface area contributed by atoms with Gasteiger partial charge in [0.2, 0.25) is 0 Å². The van der Waals surface area contributed by atoms with E-state index in [1.54, 1.807) is 0 Å². The van der Waals surface area contributed by atoms with Gasteiger partial charge in [0.1, 0.15) is 11.6 Å². The maximum atomic E-state index is 8.93. The zero-order valence-corrected chi connectivity index (χ0v) is 14.8. The van der Waals surface area contributed by atoms with Gasteiger partial charge in [-0.05, 0) is 25.2 Å². The molecular formula is C13H24IN7. The van der Waals surface area contributed by atoms with Crippen molar-refractivity contribution in [2.24, 2.45) is 16.6 Å². The number of aryl methyl sites for hydroxylation is 1. The fraction of sp³-hybridized carbons (Fsp3) is 0.615. The molecule has 0 aromatic carbocycles. The fourth-order valence-corrected chi connectivity index (χ4v) is 1.70. The molecule has 118 valence electrons. The maximum Gasteiger partial charge on any atom is 0.188 e. The molecule has 0 atom stereocenters. The van der Waals surface area contributed by atoms with Crippen molar-refractivity contribution in [1.82, 2.24) is 15.5 Å². The number of halogens is 1. The monoisotopic (exact) mass is 405 g/mol. The summed E-state index contributed by atoms with van der Waals surface area (Å²) in [6.45, 7) is 5.77. The fourth-order valence-electron chi connectivity index (χ4n) is 1.70. The molecule has 1 rings (SSSR count). The number of anilines is 1. The first-order valence-electron chi connectivity index (χ1n) is 6.81. The van der Waals surface area contributed by atoms with Crippen molar-refractivity contribution >= 4 is 35.8 Å². The lowest BCUT2D eigenvalue weighted by Crippen LogP contribution is -2.33. The molecule has 0 saturated carbocycles. The lowest BCUT2D eigenvalue weighted by molar-refractivity contribution is 0.576. The molecule has 0 radical (unpaired) electrons. The summed E-state index contributed by atoms with van der Waals surface area (Å²) >= 11 is 0. The number of nitrogens with zero attached hydrogens (tertiary/aromatic N) is 3. The molecule has 0 unspecified atom stereocenters. The number of guanidine groups is 1. The third-order valence-corrected chi connectivity index (χ3v) is 2.88. The van der Waals surface area contributed by atoms with Crippen LogP contribution < -0.4 is 16.8 Å². The number of nitrogen functional groups attached to an aromatic ring is 1. The number of hydrogen-bond donors (Lipinski definition) is 4. The van der Waals surface area contributed by atoms with Crippen LogP contribution in [0.4, 0.5) is 5.82 Å². The Bertz CT molecular complexity index is 487. The number of nitrogens with two attached hydrogens (primary N) is 2. The summed E-state index contributed by atoms with van der Waals surface area (Å²) in [5.41, 5.74) is 12.5. The standard InChI is InChI=1S/C13H23N7.HI/c1-9(2)5-7-18-13(16)17-6-3-4-11-10(8-14)12(15)20-19-11;/h9H,3-7H2,1-2H3,(H3,15,19,20)(H3,16,17,18);1H. The molecule has 0 spiro atoms. The average molecular weight is 405 g/mol. The molecule has 0 aliphatic heterocycles. The van der Waals surface area contributed by atoms with Gasteiger partial charge in [-0.2, -0.15) is 10.4 Å². The van der Waals surface area contributed by atoms with Crippen LogP contribution in [0.1, 0.15) is 37.9 Å². The van der Waals surface area contributed by atoms with Crippen LogP contribution in [0.15, 0.2) is 4.99 Å². The Morgan fingerprint density at radius 3 is 2.86 bits per heavy atom. The van der Waals surface area contributed by atoms with E-state index in [4.69, 9.17) is 16.7 Å². The Labute approximate surface area is 142 Å². The van der Waals surface area contributed by atoms with E-state index in [0.717, 1.165) is 25.1 Å². The smallest absolute Gasteiger partial charge is 0.188 e. The van der Waals surface area contributed by atoms with Gasteiger partial charge < -0.3 is 16.8 Å². The minimum atomic E-state index is 0. The van der Waals surface area contributed by atoms with Crippen molar-refractivity contribution in [1.29, 1.82) is 5.26 Å². The predicted octanol–water partition coefficient (Wildman–Crippen LogP) is 1.36. The van der Waals surface area contributed by atoms with E-state index >= 15 is 0 Å². The molecule has 1 heterocycles. The van der Waals surface area contributed by atoms with E-state index in [9.17, 15) is 0 Å². The van der Waals surface area contributed by atoms with Crippen LogP contribution >= 0.6 is 24.0 Å². The van der Waals surface area contributed by atoms with Gasteiger partial charge >= 0.3 is 0 Å². The molecule has 8 heteroatoms. The van der Waals surface area contributed by atoms with Gasteiger partial charge in [-0.15, -0.1) is 24.0 Å². The van der Waals surface area contributed by atoms with Gasteiger partial charge in [-0.25, -0.2) is 0 Å². The topological polar surface area (TPSA) is 129 Å². The number of hydrogen-bond acceptors (Lipinski definition) is 4. The third kappa shape index (κ3) is 7.17. The first-order chi connectivity index (χ1) is 9.54. The van der Waals surface area contributed by atoms with E-state index in [1.165, 1.54) is 0 Å². The summed E-state index contributed by atoms with van der Waals surface area (Å²) in [7, 11) is 0. The highest BCUT2D eigenvalue weighted by atomic mass is 127. The van der Waals surface area contributed by atoms with E-state index in [0.29, 0.717) is 30.4 Å². The molecule has 0 aliphatic rings. The summed E-state index contributed by atoms with van der Waals surface area (Å²) in [5.74, 6) is 1.36. The Morgan fingerprint density at radius 2 is 2.24 bits per heavy atom. The Balaban J connectivity index is 0.00000400. The summed E-state index contributed by atoms with van der Waals surface area (Å²) in [4.78, 5) is 4.23. The molecule has 7 nitrogen and oxygen atoms in total. The second-order valence-corrected chi connectivity index (χ2v) is 5.05. The largest absolute Gasteiger partial charge is 0.381 e. The molecule has 21 heavy (non-hydrogen) atoms. The molecule has 0 saturated heterocycles. The highest BCUT2D eigenvalue weighted by molar-refractivity contribution is 14.0. The van der Waals surface area contributed by atoms with Crippen LogP contribution in [0.3, 0.4) is 0 Å². The molecule has 1 aromatic heterocycles. The highest BCUT2D eigenvalue weighted by Crippen LogP contribution is 2.13. The van der Waals surface area contributed by atoms with Crippen LogP contribution in [0, 0.1) is 17.2 Å². The summed E-state index contributed by atoms with van der Waals surface area (Å²) in [6.07, 6.45) is 2.52. The summed E-state index contributed by atoms with van der Waals surface area (Å²) in [5, 5.41) is 18.6. The third-order valence-electron chi connectivity index (χ3n) is 2.88. The average Bonchev–Trinajstić information content (AvgIpc) is 2.74. The zero-order valence-electron chi connectivity index (χ0n) is 12.5. The van der Waals surface area contributed by atoms with Gasteiger partial charge in [0.25, 0.3) is 0 Å². The molecule has 6 N–H and O–H groups in total. The van der Waals surface area contributed by atoms with Crippen LogP contribution in [0.25, 0.3) is 0 Å². The van der Waals surface area contributed by atoms with Crippen molar-refractivity contribution in [2.75, 3.05) is 18.8 Å². The summed E-state index contributed by atoms with van der Waals surface area (Å²) in [6, 6.07) is 2.04. The second kappa shape index (κ2) is 10.3. The second-order valence-electron chi connectivity index (χ2n) is 5.05. The normalized spacial score (nSPS) is 11.0. The zero-order chi connectivity index (χ0) is 15.0. The number of nitrogens with one attached hydrogen (secondary N) is 2. The molecule has 1 aromatic rings. The SMILES string of the molecule is CC(C)CCNC(N)=NCCCc1[nH]nc(N)c1C#N.I. The minimum Gasteiger partial charge on any atom is -0.381 e. The Kier molecular flexibility index (Phi) is 9.53. The van der Waals surface area contributed by atoms with Crippen LogP contribution in [-0.4, -0.2) is 29.2 Å². The van der Waals surface area contributed by atoms with E-state index in [1.807, 2.05) is 6.07 Å². The minimum absolute atomic E-state index is 0.